The molecule has 2 bridgehead atoms. The van der Waals surface area contributed by atoms with Crippen LogP contribution in [0.5, 0.6) is 0 Å². The largest absolute Gasteiger partial charge is 0.297 e. The molecule has 0 aromatic rings. The summed E-state index contributed by atoms with van der Waals surface area (Å²) in [7, 11) is 0. The molecule has 0 aromatic heterocycles. The molecule has 0 saturated carbocycles. The molecule has 0 aromatic carbocycles. The molecule has 2 heterocycles. The van der Waals surface area contributed by atoms with Gasteiger partial charge in [0, 0.05) is 37.8 Å². The molecule has 1 unspecified atom stereocenters. The van der Waals surface area contributed by atoms with E-state index in [0.717, 1.165) is 24.0 Å². The Labute approximate surface area is 101 Å². The number of rotatable bonds is 5. The lowest BCUT2D eigenvalue weighted by Gasteiger charge is -2.38. The van der Waals surface area contributed by atoms with Crippen LogP contribution in [0.4, 0.5) is 0 Å². The molecule has 2 heteroatoms. The Morgan fingerprint density at radius 1 is 1.12 bits per heavy atom. The molecule has 0 amide bonds. The first-order valence-corrected chi connectivity index (χ1v) is 7.11. The van der Waals surface area contributed by atoms with Crippen LogP contribution in [0.2, 0.25) is 0 Å². The summed E-state index contributed by atoms with van der Waals surface area (Å²) in [4.78, 5) is 5.50. The van der Waals surface area contributed by atoms with Crippen molar-refractivity contribution in [2.45, 2.75) is 65.1 Å². The van der Waals surface area contributed by atoms with Gasteiger partial charge in [0.1, 0.15) is 0 Å². The molecule has 0 radical (unpaired) electrons. The lowest BCUT2D eigenvalue weighted by Crippen LogP contribution is -2.50. The summed E-state index contributed by atoms with van der Waals surface area (Å²) in [6.07, 6.45) is 4.12. The Kier molecular flexibility index (Phi) is 3.91. The molecule has 2 fully saturated rings. The molecular weight excluding hydrogens is 196 g/mol. The fourth-order valence-electron chi connectivity index (χ4n) is 3.60. The van der Waals surface area contributed by atoms with Gasteiger partial charge in [-0.3, -0.25) is 9.80 Å². The summed E-state index contributed by atoms with van der Waals surface area (Å²) in [6, 6.07) is 2.54. The van der Waals surface area contributed by atoms with Crippen LogP contribution in [0.1, 0.15) is 47.0 Å². The molecule has 3 atom stereocenters. The predicted octanol–water partition coefficient (Wildman–Crippen LogP) is 2.59. The van der Waals surface area contributed by atoms with Gasteiger partial charge in [-0.15, -0.1) is 0 Å². The van der Waals surface area contributed by atoms with Crippen molar-refractivity contribution in [3.63, 3.8) is 0 Å². The minimum Gasteiger partial charge on any atom is -0.297 e. The normalized spacial score (nSPS) is 32.8. The summed E-state index contributed by atoms with van der Waals surface area (Å²) in [5, 5.41) is 0. The average Bonchev–Trinajstić information content (AvgIpc) is 2.75. The standard InChI is InChI=1S/C14H28N2/c1-5-6-12(4)16-10-13-7-14(16)9-15(13)8-11(2)3/h11-14H,5-10H2,1-4H3/t12?,13-,14-/m0/s1. The van der Waals surface area contributed by atoms with E-state index in [9.17, 15) is 0 Å². The van der Waals surface area contributed by atoms with Crippen LogP contribution in [-0.2, 0) is 0 Å². The maximum atomic E-state index is 2.77. The molecule has 16 heavy (non-hydrogen) atoms. The summed E-state index contributed by atoms with van der Waals surface area (Å²) in [6.45, 7) is 13.4. The van der Waals surface area contributed by atoms with Crippen molar-refractivity contribution >= 4 is 0 Å². The second-order valence-electron chi connectivity index (χ2n) is 6.23. The lowest BCUT2D eigenvalue weighted by atomic mass is 10.1. The fourth-order valence-corrected chi connectivity index (χ4v) is 3.60. The van der Waals surface area contributed by atoms with E-state index in [1.54, 1.807) is 0 Å². The van der Waals surface area contributed by atoms with Gasteiger partial charge in [0.2, 0.25) is 0 Å². The first-order valence-electron chi connectivity index (χ1n) is 7.11. The SMILES string of the molecule is CCCC(C)N1C[C@@H]2C[C@H]1CN2CC(C)C. The number of piperazine rings is 1. The van der Waals surface area contributed by atoms with E-state index in [0.29, 0.717) is 0 Å². The third-order valence-corrected chi connectivity index (χ3v) is 4.27. The number of hydrogen-bond acceptors (Lipinski definition) is 2. The van der Waals surface area contributed by atoms with Crippen LogP contribution in [0.15, 0.2) is 0 Å². The first-order chi connectivity index (χ1) is 7.61. The van der Waals surface area contributed by atoms with Gasteiger partial charge in [0.05, 0.1) is 0 Å². The Morgan fingerprint density at radius 2 is 1.88 bits per heavy atom. The summed E-state index contributed by atoms with van der Waals surface area (Å²) >= 11 is 0. The monoisotopic (exact) mass is 224 g/mol. The number of fused-ring (bicyclic) bond motifs is 2. The summed E-state index contributed by atoms with van der Waals surface area (Å²) in [5.74, 6) is 0.820. The van der Waals surface area contributed by atoms with Crippen LogP contribution in [0.25, 0.3) is 0 Å². The second-order valence-corrected chi connectivity index (χ2v) is 6.23. The van der Waals surface area contributed by atoms with Gasteiger partial charge in [0.25, 0.3) is 0 Å². The predicted molar refractivity (Wildman–Crippen MR) is 69.7 cm³/mol. The van der Waals surface area contributed by atoms with Crippen molar-refractivity contribution in [2.24, 2.45) is 5.92 Å². The van der Waals surface area contributed by atoms with E-state index >= 15 is 0 Å². The third kappa shape index (κ3) is 2.43. The molecule has 2 aliphatic rings. The van der Waals surface area contributed by atoms with Crippen LogP contribution in [0, 0.1) is 5.92 Å². The van der Waals surface area contributed by atoms with Crippen molar-refractivity contribution in [3.8, 4) is 0 Å². The van der Waals surface area contributed by atoms with Crippen molar-refractivity contribution in [1.29, 1.82) is 0 Å². The van der Waals surface area contributed by atoms with Gasteiger partial charge in [-0.2, -0.15) is 0 Å². The van der Waals surface area contributed by atoms with Gasteiger partial charge in [0.15, 0.2) is 0 Å². The van der Waals surface area contributed by atoms with Crippen molar-refractivity contribution in [3.05, 3.63) is 0 Å². The Bertz CT molecular complexity index is 227. The zero-order valence-electron chi connectivity index (χ0n) is 11.4. The van der Waals surface area contributed by atoms with Gasteiger partial charge in [-0.25, -0.2) is 0 Å². The van der Waals surface area contributed by atoms with Crippen LogP contribution < -0.4 is 0 Å². The molecule has 94 valence electrons. The summed E-state index contributed by atoms with van der Waals surface area (Å²) < 4.78 is 0. The fraction of sp³-hybridized carbons (Fsp3) is 1.00. The van der Waals surface area contributed by atoms with Crippen molar-refractivity contribution in [1.82, 2.24) is 9.80 Å². The third-order valence-electron chi connectivity index (χ3n) is 4.27. The minimum absolute atomic E-state index is 0.807. The quantitative estimate of drug-likeness (QED) is 0.708. The highest BCUT2D eigenvalue weighted by Gasteiger charge is 2.44. The van der Waals surface area contributed by atoms with E-state index in [1.165, 1.54) is 38.9 Å². The number of likely N-dealkylation sites (tertiary alicyclic amines) is 2. The minimum atomic E-state index is 0.807. The highest BCUT2D eigenvalue weighted by atomic mass is 15.4. The molecule has 0 N–H and O–H groups in total. The highest BCUT2D eigenvalue weighted by molar-refractivity contribution is 5.01. The molecule has 2 saturated heterocycles. The topological polar surface area (TPSA) is 6.48 Å². The van der Waals surface area contributed by atoms with E-state index in [2.05, 4.69) is 37.5 Å². The van der Waals surface area contributed by atoms with Crippen LogP contribution >= 0.6 is 0 Å². The second kappa shape index (κ2) is 5.05. The van der Waals surface area contributed by atoms with Gasteiger partial charge in [-0.05, 0) is 25.7 Å². The van der Waals surface area contributed by atoms with E-state index in [4.69, 9.17) is 0 Å². The highest BCUT2D eigenvalue weighted by Crippen LogP contribution is 2.33. The number of nitrogens with zero attached hydrogens (tertiary/aromatic N) is 2. The summed E-state index contributed by atoms with van der Waals surface area (Å²) in [5.41, 5.74) is 0. The first kappa shape index (κ1) is 12.4. The molecule has 2 rings (SSSR count). The van der Waals surface area contributed by atoms with Gasteiger partial charge in [-0.1, -0.05) is 27.2 Å². The average molecular weight is 224 g/mol. The number of hydrogen-bond donors (Lipinski definition) is 0. The molecule has 0 aliphatic carbocycles. The zero-order chi connectivity index (χ0) is 11.7. The Hall–Kier alpha value is -0.0800. The smallest absolute Gasteiger partial charge is 0.0242 e. The molecular formula is C14H28N2. The van der Waals surface area contributed by atoms with Crippen LogP contribution in [-0.4, -0.2) is 47.6 Å². The van der Waals surface area contributed by atoms with E-state index in [-0.39, 0.29) is 0 Å². The van der Waals surface area contributed by atoms with Gasteiger partial charge < -0.3 is 0 Å². The Morgan fingerprint density at radius 3 is 2.38 bits per heavy atom. The van der Waals surface area contributed by atoms with Crippen molar-refractivity contribution < 1.29 is 0 Å². The van der Waals surface area contributed by atoms with Gasteiger partial charge >= 0.3 is 0 Å². The van der Waals surface area contributed by atoms with E-state index in [1.807, 2.05) is 0 Å². The van der Waals surface area contributed by atoms with E-state index < -0.39 is 0 Å². The zero-order valence-corrected chi connectivity index (χ0v) is 11.4. The maximum absolute atomic E-state index is 2.77. The lowest BCUT2D eigenvalue weighted by molar-refractivity contribution is 0.0875. The maximum Gasteiger partial charge on any atom is 0.0242 e. The molecule has 2 nitrogen and oxygen atoms in total. The van der Waals surface area contributed by atoms with Crippen molar-refractivity contribution in [2.75, 3.05) is 19.6 Å². The molecule has 0 spiro atoms. The molecule has 2 aliphatic heterocycles. The Balaban J connectivity index is 1.85. The van der Waals surface area contributed by atoms with Crippen LogP contribution in [0.3, 0.4) is 0 Å².